The molecule has 0 bridgehead atoms. The number of hydrogen-bond acceptors (Lipinski definition) is 3. The highest BCUT2D eigenvalue weighted by Crippen LogP contribution is 2.39. The van der Waals surface area contributed by atoms with Crippen molar-refractivity contribution in [1.29, 1.82) is 0 Å². The van der Waals surface area contributed by atoms with Crippen LogP contribution < -0.4 is 10.1 Å². The van der Waals surface area contributed by atoms with E-state index in [1.54, 1.807) is 7.11 Å². The number of phenols is 1. The summed E-state index contributed by atoms with van der Waals surface area (Å²) in [5.74, 6) is 1.38. The zero-order chi connectivity index (χ0) is 11.5. The Morgan fingerprint density at radius 1 is 1.44 bits per heavy atom. The van der Waals surface area contributed by atoms with Crippen LogP contribution in [-0.4, -0.2) is 25.3 Å². The normalized spacial score (nSPS) is 20.8. The van der Waals surface area contributed by atoms with Gasteiger partial charge in [-0.1, -0.05) is 12.1 Å². The second kappa shape index (κ2) is 4.74. The molecule has 3 heteroatoms. The highest BCUT2D eigenvalue weighted by molar-refractivity contribution is 5.52. The first-order chi connectivity index (χ1) is 7.74. The summed E-state index contributed by atoms with van der Waals surface area (Å²) in [6, 6.07) is 4.04. The van der Waals surface area contributed by atoms with Gasteiger partial charge in [0.25, 0.3) is 0 Å². The van der Waals surface area contributed by atoms with Crippen molar-refractivity contribution in [3.05, 3.63) is 23.3 Å². The molecule has 1 aliphatic heterocycles. The Morgan fingerprint density at radius 3 is 2.88 bits per heavy atom. The van der Waals surface area contributed by atoms with E-state index in [2.05, 4.69) is 11.4 Å². The van der Waals surface area contributed by atoms with Crippen LogP contribution in [0, 0.1) is 6.92 Å². The van der Waals surface area contributed by atoms with Gasteiger partial charge in [-0.2, -0.15) is 0 Å². The van der Waals surface area contributed by atoms with Crippen molar-refractivity contribution >= 4 is 0 Å². The number of rotatable bonds is 2. The van der Waals surface area contributed by atoms with Crippen molar-refractivity contribution in [3.63, 3.8) is 0 Å². The van der Waals surface area contributed by atoms with Crippen LogP contribution in [0.1, 0.15) is 29.9 Å². The highest BCUT2D eigenvalue weighted by Gasteiger charge is 2.21. The molecule has 1 fully saturated rings. The Kier molecular flexibility index (Phi) is 3.34. The predicted molar refractivity (Wildman–Crippen MR) is 64.2 cm³/mol. The molecule has 0 radical (unpaired) electrons. The van der Waals surface area contributed by atoms with Gasteiger partial charge in [0.1, 0.15) is 0 Å². The molecule has 3 nitrogen and oxygen atoms in total. The average molecular weight is 221 g/mol. The van der Waals surface area contributed by atoms with Crippen molar-refractivity contribution in [3.8, 4) is 11.5 Å². The SMILES string of the molecule is COc1c(C2CCCNC2)ccc(C)c1O. The van der Waals surface area contributed by atoms with Gasteiger partial charge in [0, 0.05) is 18.0 Å². The quantitative estimate of drug-likeness (QED) is 0.804. The molecule has 1 aromatic carbocycles. The number of benzene rings is 1. The summed E-state index contributed by atoms with van der Waals surface area (Å²) in [4.78, 5) is 0. The van der Waals surface area contributed by atoms with E-state index in [4.69, 9.17) is 4.74 Å². The van der Waals surface area contributed by atoms with E-state index in [0.717, 1.165) is 30.6 Å². The lowest BCUT2D eigenvalue weighted by molar-refractivity contribution is 0.357. The molecule has 0 saturated carbocycles. The summed E-state index contributed by atoms with van der Waals surface area (Å²) < 4.78 is 5.33. The smallest absolute Gasteiger partial charge is 0.164 e. The minimum Gasteiger partial charge on any atom is -0.504 e. The lowest BCUT2D eigenvalue weighted by atomic mass is 9.90. The fourth-order valence-corrected chi connectivity index (χ4v) is 2.34. The number of aromatic hydroxyl groups is 1. The van der Waals surface area contributed by atoms with Crippen LogP contribution in [0.5, 0.6) is 11.5 Å². The van der Waals surface area contributed by atoms with Gasteiger partial charge in [-0.05, 0) is 31.9 Å². The molecule has 1 atom stereocenters. The van der Waals surface area contributed by atoms with Gasteiger partial charge in [0.15, 0.2) is 11.5 Å². The Morgan fingerprint density at radius 2 is 2.25 bits per heavy atom. The first-order valence-electron chi connectivity index (χ1n) is 5.81. The third-order valence-corrected chi connectivity index (χ3v) is 3.30. The molecular weight excluding hydrogens is 202 g/mol. The van der Waals surface area contributed by atoms with E-state index < -0.39 is 0 Å². The predicted octanol–water partition coefficient (Wildman–Crippen LogP) is 2.18. The van der Waals surface area contributed by atoms with Gasteiger partial charge in [-0.3, -0.25) is 0 Å². The Balaban J connectivity index is 2.35. The topological polar surface area (TPSA) is 41.5 Å². The van der Waals surface area contributed by atoms with Crippen molar-refractivity contribution in [1.82, 2.24) is 5.32 Å². The minimum atomic E-state index is 0.283. The maximum atomic E-state index is 9.96. The van der Waals surface area contributed by atoms with Gasteiger partial charge in [0.05, 0.1) is 7.11 Å². The lowest BCUT2D eigenvalue weighted by Crippen LogP contribution is -2.28. The Bertz CT molecular complexity index is 370. The Labute approximate surface area is 96.4 Å². The standard InChI is InChI=1S/C13H19NO2/c1-9-5-6-11(13(16-2)12(9)15)10-4-3-7-14-8-10/h5-6,10,14-15H,3-4,7-8H2,1-2H3. The van der Waals surface area contributed by atoms with Crippen LogP contribution in [0.15, 0.2) is 12.1 Å². The molecule has 16 heavy (non-hydrogen) atoms. The second-order valence-corrected chi connectivity index (χ2v) is 4.40. The highest BCUT2D eigenvalue weighted by atomic mass is 16.5. The largest absolute Gasteiger partial charge is 0.504 e. The molecular formula is C13H19NO2. The molecule has 0 spiro atoms. The van der Waals surface area contributed by atoms with Crippen LogP contribution in [0.3, 0.4) is 0 Å². The first-order valence-corrected chi connectivity index (χ1v) is 5.81. The van der Waals surface area contributed by atoms with Crippen LogP contribution in [-0.2, 0) is 0 Å². The van der Waals surface area contributed by atoms with Crippen LogP contribution >= 0.6 is 0 Å². The number of hydrogen-bond donors (Lipinski definition) is 2. The zero-order valence-corrected chi connectivity index (χ0v) is 9.92. The average Bonchev–Trinajstić information content (AvgIpc) is 2.33. The van der Waals surface area contributed by atoms with Crippen LogP contribution in [0.4, 0.5) is 0 Å². The van der Waals surface area contributed by atoms with E-state index in [9.17, 15) is 5.11 Å². The summed E-state index contributed by atoms with van der Waals surface area (Å²) in [6.45, 7) is 3.95. The molecule has 2 N–H and O–H groups in total. The van der Waals surface area contributed by atoms with E-state index in [1.165, 1.54) is 6.42 Å². The molecule has 0 amide bonds. The number of piperidine rings is 1. The van der Waals surface area contributed by atoms with E-state index in [0.29, 0.717) is 11.7 Å². The van der Waals surface area contributed by atoms with Gasteiger partial charge in [-0.25, -0.2) is 0 Å². The molecule has 1 aliphatic rings. The first kappa shape index (κ1) is 11.3. The van der Waals surface area contributed by atoms with Crippen molar-refractivity contribution in [2.24, 2.45) is 0 Å². The summed E-state index contributed by atoms with van der Waals surface area (Å²) >= 11 is 0. The second-order valence-electron chi connectivity index (χ2n) is 4.40. The van der Waals surface area contributed by atoms with Crippen LogP contribution in [0.25, 0.3) is 0 Å². The van der Waals surface area contributed by atoms with E-state index >= 15 is 0 Å². The summed E-state index contributed by atoms with van der Waals surface area (Å²) in [5, 5.41) is 13.3. The Hall–Kier alpha value is -1.22. The summed E-state index contributed by atoms with van der Waals surface area (Å²) in [5.41, 5.74) is 1.99. The third-order valence-electron chi connectivity index (χ3n) is 3.30. The van der Waals surface area contributed by atoms with Crippen LogP contribution in [0.2, 0.25) is 0 Å². The van der Waals surface area contributed by atoms with E-state index in [1.807, 2.05) is 13.0 Å². The monoisotopic (exact) mass is 221 g/mol. The molecule has 1 unspecified atom stereocenters. The number of aryl methyl sites for hydroxylation is 1. The number of methoxy groups -OCH3 is 1. The fraction of sp³-hybridized carbons (Fsp3) is 0.538. The van der Waals surface area contributed by atoms with Gasteiger partial charge in [-0.15, -0.1) is 0 Å². The fourth-order valence-electron chi connectivity index (χ4n) is 2.34. The molecule has 0 aliphatic carbocycles. The molecule has 88 valence electrons. The molecule has 1 saturated heterocycles. The van der Waals surface area contributed by atoms with Crippen molar-refractivity contribution < 1.29 is 9.84 Å². The minimum absolute atomic E-state index is 0.283. The molecule has 0 aromatic heterocycles. The number of nitrogens with one attached hydrogen (secondary N) is 1. The maximum absolute atomic E-state index is 9.96. The lowest BCUT2D eigenvalue weighted by Gasteiger charge is -2.25. The number of phenolic OH excluding ortho intramolecular Hbond substituents is 1. The van der Waals surface area contributed by atoms with E-state index in [-0.39, 0.29) is 5.75 Å². The maximum Gasteiger partial charge on any atom is 0.164 e. The molecule has 2 rings (SSSR count). The third kappa shape index (κ3) is 2.00. The summed E-state index contributed by atoms with van der Waals surface area (Å²) in [6.07, 6.45) is 2.34. The zero-order valence-electron chi connectivity index (χ0n) is 9.92. The number of ether oxygens (including phenoxy) is 1. The van der Waals surface area contributed by atoms with Gasteiger partial charge >= 0.3 is 0 Å². The van der Waals surface area contributed by atoms with Gasteiger partial charge < -0.3 is 15.2 Å². The molecule has 1 aromatic rings. The van der Waals surface area contributed by atoms with Gasteiger partial charge in [0.2, 0.25) is 0 Å². The van der Waals surface area contributed by atoms with Crippen molar-refractivity contribution in [2.45, 2.75) is 25.7 Å². The molecule has 1 heterocycles. The summed E-state index contributed by atoms with van der Waals surface area (Å²) in [7, 11) is 1.62. The van der Waals surface area contributed by atoms with Crippen molar-refractivity contribution in [2.75, 3.05) is 20.2 Å².